The second-order valence-corrected chi connectivity index (χ2v) is 10.5. The summed E-state index contributed by atoms with van der Waals surface area (Å²) < 4.78 is 28.8. The maximum absolute atomic E-state index is 12.8. The average molecular weight is 512 g/mol. The van der Waals surface area contributed by atoms with Gasteiger partial charge in [0, 0.05) is 17.0 Å². The van der Waals surface area contributed by atoms with Crippen molar-refractivity contribution in [3.63, 3.8) is 0 Å². The van der Waals surface area contributed by atoms with Crippen molar-refractivity contribution in [3.05, 3.63) is 77.0 Å². The monoisotopic (exact) mass is 511 g/mol. The molecule has 194 valence electrons. The van der Waals surface area contributed by atoms with Gasteiger partial charge in [0.1, 0.15) is 26.4 Å². The summed E-state index contributed by atoms with van der Waals surface area (Å²) in [5.41, 5.74) is 5.70. The first-order valence-corrected chi connectivity index (χ1v) is 12.7. The van der Waals surface area contributed by atoms with Crippen molar-refractivity contribution >= 4 is 16.9 Å². The molecule has 0 bridgehead atoms. The number of carbonyl (C=O) groups is 1. The molecule has 7 nitrogen and oxygen atoms in total. The summed E-state index contributed by atoms with van der Waals surface area (Å²) in [6, 6.07) is 17.9. The summed E-state index contributed by atoms with van der Waals surface area (Å²) in [7, 11) is 1.60. The summed E-state index contributed by atoms with van der Waals surface area (Å²) in [6.07, 6.45) is 0. The van der Waals surface area contributed by atoms with Crippen LogP contribution in [0.3, 0.4) is 0 Å². The number of methoxy groups -OCH3 is 1. The predicted octanol–water partition coefficient (Wildman–Crippen LogP) is 6.23. The minimum atomic E-state index is -0.391. The van der Waals surface area contributed by atoms with Gasteiger partial charge >= 0.3 is 5.97 Å². The molecule has 6 rings (SSSR count). The third kappa shape index (κ3) is 4.28. The van der Waals surface area contributed by atoms with Crippen molar-refractivity contribution in [3.8, 4) is 34.1 Å². The van der Waals surface area contributed by atoms with E-state index in [1.165, 1.54) is 5.56 Å². The molecule has 3 heterocycles. The van der Waals surface area contributed by atoms with Gasteiger partial charge in [-0.05, 0) is 40.3 Å². The number of nitrogens with zero attached hydrogens (tertiary/aromatic N) is 1. The van der Waals surface area contributed by atoms with Gasteiger partial charge < -0.3 is 23.7 Å². The number of cyclic esters (lactones) is 1. The molecule has 0 N–H and O–H groups in total. The zero-order chi connectivity index (χ0) is 26.4. The molecule has 0 fully saturated rings. The number of pyridine rings is 1. The molecule has 2 aliphatic rings. The average Bonchev–Trinajstić information content (AvgIpc) is 3.29. The van der Waals surface area contributed by atoms with Gasteiger partial charge in [0.15, 0.2) is 23.0 Å². The predicted molar refractivity (Wildman–Crippen MR) is 143 cm³/mol. The van der Waals surface area contributed by atoms with E-state index in [1.54, 1.807) is 7.11 Å². The second kappa shape index (κ2) is 9.24. The van der Waals surface area contributed by atoms with E-state index in [4.69, 9.17) is 28.7 Å². The molecule has 0 aliphatic carbocycles. The maximum Gasteiger partial charge on any atom is 0.341 e. The van der Waals surface area contributed by atoms with Crippen molar-refractivity contribution in [2.75, 3.05) is 20.3 Å². The number of esters is 1. The van der Waals surface area contributed by atoms with Gasteiger partial charge in [-0.2, -0.15) is 0 Å². The number of benzene rings is 3. The van der Waals surface area contributed by atoms with Crippen LogP contribution in [0, 0.1) is 0 Å². The summed E-state index contributed by atoms with van der Waals surface area (Å²) in [5.74, 6) is 2.06. The molecule has 0 radical (unpaired) electrons. The van der Waals surface area contributed by atoms with Crippen LogP contribution in [-0.4, -0.2) is 31.3 Å². The van der Waals surface area contributed by atoms with Crippen LogP contribution in [-0.2, 0) is 23.4 Å². The van der Waals surface area contributed by atoms with Crippen LogP contribution in [0.5, 0.6) is 23.0 Å². The number of aromatic nitrogens is 1. The molecule has 0 unspecified atom stereocenters. The number of hydrogen-bond donors (Lipinski definition) is 0. The third-order valence-electron chi connectivity index (χ3n) is 6.93. The molecule has 2 aliphatic heterocycles. The first-order valence-electron chi connectivity index (χ1n) is 12.7. The van der Waals surface area contributed by atoms with Gasteiger partial charge in [0.25, 0.3) is 0 Å². The van der Waals surface area contributed by atoms with E-state index in [9.17, 15) is 4.79 Å². The summed E-state index contributed by atoms with van der Waals surface area (Å²) in [4.78, 5) is 17.6. The largest absolute Gasteiger partial charge is 0.493 e. The van der Waals surface area contributed by atoms with E-state index >= 15 is 0 Å². The lowest BCUT2D eigenvalue weighted by atomic mass is 9.87. The lowest BCUT2D eigenvalue weighted by Gasteiger charge is -2.20. The van der Waals surface area contributed by atoms with E-state index in [0.29, 0.717) is 59.6 Å². The first kappa shape index (κ1) is 24.1. The summed E-state index contributed by atoms with van der Waals surface area (Å²) >= 11 is 0. The highest BCUT2D eigenvalue weighted by Gasteiger charge is 2.30. The van der Waals surface area contributed by atoms with Crippen molar-refractivity contribution in [2.24, 2.45) is 0 Å². The van der Waals surface area contributed by atoms with Crippen LogP contribution in [0.1, 0.15) is 48.0 Å². The Bertz CT molecular complexity index is 1550. The Kier molecular flexibility index (Phi) is 5.86. The second-order valence-electron chi connectivity index (χ2n) is 10.5. The lowest BCUT2D eigenvalue weighted by molar-refractivity contribution is 0.0534. The first-order chi connectivity index (χ1) is 18.3. The van der Waals surface area contributed by atoms with Crippen LogP contribution >= 0.6 is 0 Å². The van der Waals surface area contributed by atoms with Gasteiger partial charge in [0.05, 0.1) is 23.9 Å². The molecule has 0 atom stereocenters. The Morgan fingerprint density at radius 2 is 1.63 bits per heavy atom. The Balaban J connectivity index is 1.41. The van der Waals surface area contributed by atoms with E-state index in [-0.39, 0.29) is 12.0 Å². The molecule has 0 saturated heterocycles. The molecular formula is C31H29NO6. The molecule has 1 aromatic heterocycles. The number of ether oxygens (including phenoxy) is 5. The van der Waals surface area contributed by atoms with Crippen LogP contribution in [0.2, 0.25) is 0 Å². The quantitative estimate of drug-likeness (QED) is 0.294. The third-order valence-corrected chi connectivity index (χ3v) is 6.93. The molecule has 38 heavy (non-hydrogen) atoms. The van der Waals surface area contributed by atoms with Gasteiger partial charge in [0.2, 0.25) is 0 Å². The van der Waals surface area contributed by atoms with Crippen LogP contribution in [0.25, 0.3) is 22.0 Å². The SMILES string of the molecule is COc1cc2c(-c3ccc4c(c3)OCCO4)c3c(nc2cc1OCc1ccc(C(C)(C)C)cc1)COC3=O. The van der Waals surface area contributed by atoms with E-state index in [2.05, 4.69) is 45.0 Å². The Labute approximate surface area is 221 Å². The molecule has 3 aromatic carbocycles. The van der Waals surface area contributed by atoms with E-state index in [1.807, 2.05) is 30.3 Å². The van der Waals surface area contributed by atoms with Gasteiger partial charge in [-0.3, -0.25) is 0 Å². The molecule has 0 saturated carbocycles. The highest BCUT2D eigenvalue weighted by atomic mass is 16.6. The Morgan fingerprint density at radius 1 is 0.868 bits per heavy atom. The number of rotatable bonds is 5. The molecule has 0 spiro atoms. The van der Waals surface area contributed by atoms with Crippen LogP contribution < -0.4 is 18.9 Å². The smallest absolute Gasteiger partial charge is 0.341 e. The Morgan fingerprint density at radius 3 is 2.37 bits per heavy atom. The van der Waals surface area contributed by atoms with Gasteiger partial charge in [-0.1, -0.05) is 51.1 Å². The van der Waals surface area contributed by atoms with Crippen LogP contribution in [0.4, 0.5) is 0 Å². The number of hydrogen-bond acceptors (Lipinski definition) is 7. The zero-order valence-electron chi connectivity index (χ0n) is 21.9. The fraction of sp³-hybridized carbons (Fsp3) is 0.290. The summed E-state index contributed by atoms with van der Waals surface area (Å²) in [6.45, 7) is 8.08. The number of carbonyl (C=O) groups excluding carboxylic acids is 1. The van der Waals surface area contributed by atoms with E-state index in [0.717, 1.165) is 22.1 Å². The van der Waals surface area contributed by atoms with E-state index < -0.39 is 5.97 Å². The minimum Gasteiger partial charge on any atom is -0.493 e. The molecular weight excluding hydrogens is 482 g/mol. The normalized spacial score (nSPS) is 14.3. The van der Waals surface area contributed by atoms with Gasteiger partial charge in [-0.15, -0.1) is 0 Å². The van der Waals surface area contributed by atoms with Crippen molar-refractivity contribution < 1.29 is 28.5 Å². The Hall–Kier alpha value is -4.26. The fourth-order valence-corrected chi connectivity index (χ4v) is 4.89. The highest BCUT2D eigenvalue weighted by Crippen LogP contribution is 2.43. The summed E-state index contributed by atoms with van der Waals surface area (Å²) in [5, 5.41) is 0.762. The molecule has 0 amide bonds. The van der Waals surface area contributed by atoms with Gasteiger partial charge in [-0.25, -0.2) is 9.78 Å². The highest BCUT2D eigenvalue weighted by molar-refractivity contribution is 6.09. The maximum atomic E-state index is 12.8. The van der Waals surface area contributed by atoms with Crippen LogP contribution in [0.15, 0.2) is 54.6 Å². The minimum absolute atomic E-state index is 0.0902. The van der Waals surface area contributed by atoms with Crippen molar-refractivity contribution in [1.29, 1.82) is 0 Å². The van der Waals surface area contributed by atoms with Crippen molar-refractivity contribution in [1.82, 2.24) is 4.98 Å². The molecule has 4 aromatic rings. The number of fused-ring (bicyclic) bond motifs is 3. The topological polar surface area (TPSA) is 76.1 Å². The van der Waals surface area contributed by atoms with Crippen molar-refractivity contribution in [2.45, 2.75) is 39.4 Å². The fourth-order valence-electron chi connectivity index (χ4n) is 4.89. The zero-order valence-corrected chi connectivity index (χ0v) is 21.9. The standard InChI is InChI=1S/C31H29NO6/c1-31(2,3)20-8-5-18(6-9-20)16-37-27-15-22-21(14-25(27)34-4)28(29-23(32-22)17-38-30(29)33)19-7-10-24-26(13-19)36-12-11-35-24/h5-10,13-15H,11-12,16-17H2,1-4H3. The molecule has 7 heteroatoms. The lowest BCUT2D eigenvalue weighted by Crippen LogP contribution is -2.15.